The van der Waals surface area contributed by atoms with Crippen molar-refractivity contribution in [2.75, 3.05) is 0 Å². The largest absolute Gasteiger partial charge is 0.377 e. The van der Waals surface area contributed by atoms with Crippen LogP contribution in [-0.4, -0.2) is 11.2 Å². The van der Waals surface area contributed by atoms with Crippen molar-refractivity contribution in [3.05, 3.63) is 46.1 Å². The van der Waals surface area contributed by atoms with Crippen LogP contribution < -0.4 is 0 Å². The summed E-state index contributed by atoms with van der Waals surface area (Å²) < 4.78 is 1.75. The molecule has 0 unspecified atom stereocenters. The summed E-state index contributed by atoms with van der Waals surface area (Å²) in [6.45, 7) is 0. The number of aliphatic hydroxyl groups excluding tert-OH is 1. The van der Waals surface area contributed by atoms with Gasteiger partial charge < -0.3 is 5.11 Å². The van der Waals surface area contributed by atoms with E-state index in [1.165, 1.54) is 0 Å². The van der Waals surface area contributed by atoms with E-state index in [9.17, 15) is 5.11 Å². The molecule has 2 heteroatoms. The van der Waals surface area contributed by atoms with E-state index in [0.717, 1.165) is 5.56 Å². The van der Waals surface area contributed by atoms with Crippen LogP contribution in [0.15, 0.2) is 40.5 Å². The van der Waals surface area contributed by atoms with Gasteiger partial charge in [0.05, 0.1) is 0 Å². The lowest BCUT2D eigenvalue weighted by atomic mass is 10.2. The van der Waals surface area contributed by atoms with Gasteiger partial charge in [-0.3, -0.25) is 0 Å². The molecule has 0 aromatic heterocycles. The lowest BCUT2D eigenvalue weighted by molar-refractivity contribution is 0.281. The van der Waals surface area contributed by atoms with Crippen LogP contribution >= 0.6 is 22.6 Å². The van der Waals surface area contributed by atoms with Crippen molar-refractivity contribution >= 4 is 22.6 Å². The Hall–Kier alpha value is -0.790. The Morgan fingerprint density at radius 2 is 2.00 bits per heavy atom. The lowest BCUT2D eigenvalue weighted by Crippen LogP contribution is -1.95. The molecule has 0 amide bonds. The van der Waals surface area contributed by atoms with E-state index >= 15 is 0 Å². The highest BCUT2D eigenvalue weighted by atomic mass is 127. The van der Waals surface area contributed by atoms with E-state index in [1.807, 2.05) is 52.9 Å². The second kappa shape index (κ2) is 5.79. The number of rotatable bonds is 1. The predicted molar refractivity (Wildman–Crippen MR) is 62.5 cm³/mol. The van der Waals surface area contributed by atoms with Crippen molar-refractivity contribution in [2.24, 2.45) is 0 Å². The molecule has 0 saturated carbocycles. The summed E-state index contributed by atoms with van der Waals surface area (Å²) in [5.74, 6) is 5.59. The second-order valence-corrected chi connectivity index (χ2v) is 3.12. The Morgan fingerprint density at radius 1 is 1.31 bits per heavy atom. The molecule has 1 atom stereocenters. The van der Waals surface area contributed by atoms with E-state index in [1.54, 1.807) is 10.2 Å². The molecule has 0 bridgehead atoms. The lowest BCUT2D eigenvalue weighted by Gasteiger charge is -1.91. The minimum absolute atomic E-state index is 0.669. The standard InChI is InChI=1S/C11H9IO/c12-9-8-11(13)7-6-10-4-2-1-3-5-10/h1-5,8-9,11,13H/b9-8-/t11-/m0/s1. The summed E-state index contributed by atoms with van der Waals surface area (Å²) in [6, 6.07) is 9.60. The Morgan fingerprint density at radius 3 is 2.62 bits per heavy atom. The van der Waals surface area contributed by atoms with Gasteiger partial charge >= 0.3 is 0 Å². The summed E-state index contributed by atoms with van der Waals surface area (Å²) in [4.78, 5) is 0. The van der Waals surface area contributed by atoms with Crippen LogP contribution in [-0.2, 0) is 0 Å². The van der Waals surface area contributed by atoms with Gasteiger partial charge in [-0.1, -0.05) is 52.6 Å². The van der Waals surface area contributed by atoms with Crippen LogP contribution in [0.1, 0.15) is 5.56 Å². The summed E-state index contributed by atoms with van der Waals surface area (Å²) in [6.07, 6.45) is 0.966. The van der Waals surface area contributed by atoms with Crippen LogP contribution in [0, 0.1) is 11.8 Å². The molecule has 0 heterocycles. The normalized spacial score (nSPS) is 12.2. The first-order valence-electron chi connectivity index (χ1n) is 3.84. The van der Waals surface area contributed by atoms with Gasteiger partial charge in [0.25, 0.3) is 0 Å². The molecule has 0 aliphatic carbocycles. The van der Waals surface area contributed by atoms with Gasteiger partial charge in [0.1, 0.15) is 6.10 Å². The first-order chi connectivity index (χ1) is 6.33. The maximum Gasteiger partial charge on any atom is 0.134 e. The first kappa shape index (κ1) is 10.3. The average Bonchev–Trinajstić information content (AvgIpc) is 2.17. The number of aliphatic hydroxyl groups is 1. The molecule has 0 aliphatic heterocycles. The summed E-state index contributed by atoms with van der Waals surface area (Å²) in [5, 5.41) is 9.25. The average molecular weight is 284 g/mol. The molecule has 66 valence electrons. The molecule has 0 radical (unpaired) electrons. The molecule has 0 fully saturated rings. The van der Waals surface area contributed by atoms with Gasteiger partial charge in [0.15, 0.2) is 0 Å². The highest BCUT2D eigenvalue weighted by Gasteiger charge is 1.88. The number of halogens is 1. The van der Waals surface area contributed by atoms with Crippen molar-refractivity contribution in [3.63, 3.8) is 0 Å². The van der Waals surface area contributed by atoms with Crippen molar-refractivity contribution < 1.29 is 5.11 Å². The van der Waals surface area contributed by atoms with Crippen LogP contribution in [0.2, 0.25) is 0 Å². The second-order valence-electron chi connectivity index (χ2n) is 2.40. The van der Waals surface area contributed by atoms with Crippen molar-refractivity contribution in [3.8, 4) is 11.8 Å². The fraction of sp³-hybridized carbons (Fsp3) is 0.0909. The summed E-state index contributed by atoms with van der Waals surface area (Å²) >= 11 is 2.05. The van der Waals surface area contributed by atoms with Crippen LogP contribution in [0.5, 0.6) is 0 Å². The van der Waals surface area contributed by atoms with E-state index in [4.69, 9.17) is 0 Å². The fourth-order valence-corrected chi connectivity index (χ4v) is 1.19. The van der Waals surface area contributed by atoms with Crippen molar-refractivity contribution in [1.29, 1.82) is 0 Å². The Balaban J connectivity index is 2.67. The van der Waals surface area contributed by atoms with Gasteiger partial charge in [0.2, 0.25) is 0 Å². The topological polar surface area (TPSA) is 20.2 Å². The van der Waals surface area contributed by atoms with Crippen molar-refractivity contribution in [2.45, 2.75) is 6.10 Å². The fourth-order valence-electron chi connectivity index (χ4n) is 0.796. The molecular formula is C11H9IO. The highest BCUT2D eigenvalue weighted by Crippen LogP contribution is 1.96. The zero-order chi connectivity index (χ0) is 9.52. The van der Waals surface area contributed by atoms with E-state index in [0.29, 0.717) is 0 Å². The van der Waals surface area contributed by atoms with E-state index in [-0.39, 0.29) is 0 Å². The molecular weight excluding hydrogens is 275 g/mol. The number of hydrogen-bond donors (Lipinski definition) is 1. The van der Waals surface area contributed by atoms with E-state index in [2.05, 4.69) is 11.8 Å². The van der Waals surface area contributed by atoms with E-state index < -0.39 is 6.10 Å². The number of benzene rings is 1. The number of hydrogen-bond acceptors (Lipinski definition) is 1. The zero-order valence-electron chi connectivity index (χ0n) is 6.94. The summed E-state index contributed by atoms with van der Waals surface area (Å²) in [5.41, 5.74) is 0.920. The zero-order valence-corrected chi connectivity index (χ0v) is 9.10. The molecule has 0 aliphatic rings. The molecule has 1 N–H and O–H groups in total. The third-order valence-corrected chi connectivity index (χ3v) is 1.81. The molecule has 13 heavy (non-hydrogen) atoms. The maximum atomic E-state index is 9.25. The molecule has 0 saturated heterocycles. The minimum Gasteiger partial charge on any atom is -0.377 e. The smallest absolute Gasteiger partial charge is 0.134 e. The first-order valence-corrected chi connectivity index (χ1v) is 5.09. The maximum absolute atomic E-state index is 9.25. The molecule has 1 aromatic rings. The quantitative estimate of drug-likeness (QED) is 0.620. The van der Waals surface area contributed by atoms with Crippen LogP contribution in [0.3, 0.4) is 0 Å². The Bertz CT molecular complexity index is 332. The Kier molecular flexibility index (Phi) is 4.58. The SMILES string of the molecule is O[C@@H](C#Cc1ccccc1)/C=C\I. The minimum atomic E-state index is -0.669. The molecule has 0 spiro atoms. The van der Waals surface area contributed by atoms with Gasteiger partial charge in [0, 0.05) is 5.56 Å². The van der Waals surface area contributed by atoms with Gasteiger partial charge in [-0.05, 0) is 22.3 Å². The Labute approximate surface area is 91.6 Å². The molecule has 1 nitrogen and oxygen atoms in total. The third-order valence-electron chi connectivity index (χ3n) is 1.39. The van der Waals surface area contributed by atoms with Crippen LogP contribution in [0.4, 0.5) is 0 Å². The third kappa shape index (κ3) is 4.11. The van der Waals surface area contributed by atoms with Gasteiger partial charge in [-0.15, -0.1) is 0 Å². The van der Waals surface area contributed by atoms with Crippen LogP contribution in [0.25, 0.3) is 0 Å². The highest BCUT2D eigenvalue weighted by molar-refractivity contribution is 14.1. The van der Waals surface area contributed by atoms with Gasteiger partial charge in [-0.25, -0.2) is 0 Å². The monoisotopic (exact) mass is 284 g/mol. The van der Waals surface area contributed by atoms with Gasteiger partial charge in [-0.2, -0.15) is 0 Å². The predicted octanol–water partition coefficient (Wildman–Crippen LogP) is 2.35. The molecule has 1 rings (SSSR count). The molecule has 1 aromatic carbocycles. The van der Waals surface area contributed by atoms with Crippen molar-refractivity contribution in [1.82, 2.24) is 0 Å². The summed E-state index contributed by atoms with van der Waals surface area (Å²) in [7, 11) is 0.